The summed E-state index contributed by atoms with van der Waals surface area (Å²) >= 11 is 5.93. The molecule has 1 aliphatic carbocycles. The highest BCUT2D eigenvalue weighted by atomic mass is 35.5. The van der Waals surface area contributed by atoms with Crippen LogP contribution in [0.3, 0.4) is 0 Å². The van der Waals surface area contributed by atoms with E-state index in [2.05, 4.69) is 0 Å². The average Bonchev–Trinajstić information content (AvgIpc) is 2.52. The molecule has 21 heavy (non-hydrogen) atoms. The van der Waals surface area contributed by atoms with Gasteiger partial charge < -0.3 is 9.64 Å². The molecule has 0 bridgehead atoms. The molecule has 0 aromatic heterocycles. The largest absolute Gasteiger partial charge is 0.469 e. The molecule has 2 rings (SSSR count). The SMILES string of the molecule is COC(=O)[C@H]1CCC[C@@H](N(C)C(=O)c2cccc(Cl)c2)C1. The van der Waals surface area contributed by atoms with Crippen molar-refractivity contribution in [3.63, 3.8) is 0 Å². The Hall–Kier alpha value is -1.55. The van der Waals surface area contributed by atoms with Crippen molar-refractivity contribution >= 4 is 23.5 Å². The van der Waals surface area contributed by atoms with Crippen LogP contribution in [-0.4, -0.2) is 37.0 Å². The minimum absolute atomic E-state index is 0.0620. The van der Waals surface area contributed by atoms with Crippen LogP contribution in [0.1, 0.15) is 36.0 Å². The van der Waals surface area contributed by atoms with Crippen molar-refractivity contribution < 1.29 is 14.3 Å². The number of benzene rings is 1. The topological polar surface area (TPSA) is 46.6 Å². The molecule has 1 fully saturated rings. The third-order valence-electron chi connectivity index (χ3n) is 4.12. The lowest BCUT2D eigenvalue weighted by Gasteiger charge is -2.34. The van der Waals surface area contributed by atoms with Crippen molar-refractivity contribution in [1.29, 1.82) is 0 Å². The summed E-state index contributed by atoms with van der Waals surface area (Å²) in [5.41, 5.74) is 0.574. The van der Waals surface area contributed by atoms with E-state index in [9.17, 15) is 9.59 Å². The number of ether oxygens (including phenoxy) is 1. The Morgan fingerprint density at radius 3 is 2.76 bits per heavy atom. The van der Waals surface area contributed by atoms with Crippen molar-refractivity contribution in [2.24, 2.45) is 5.92 Å². The number of carbonyl (C=O) groups excluding carboxylic acids is 2. The maximum absolute atomic E-state index is 12.5. The van der Waals surface area contributed by atoms with Crippen LogP contribution in [0.5, 0.6) is 0 Å². The van der Waals surface area contributed by atoms with Crippen LogP contribution < -0.4 is 0 Å². The quantitative estimate of drug-likeness (QED) is 0.806. The van der Waals surface area contributed by atoms with Gasteiger partial charge in [-0.05, 0) is 37.5 Å². The second kappa shape index (κ2) is 6.94. The molecule has 1 amide bonds. The zero-order valence-electron chi connectivity index (χ0n) is 12.3. The molecule has 1 saturated carbocycles. The monoisotopic (exact) mass is 309 g/mol. The predicted molar refractivity (Wildman–Crippen MR) is 81.3 cm³/mol. The fourth-order valence-electron chi connectivity index (χ4n) is 2.89. The van der Waals surface area contributed by atoms with Gasteiger partial charge in [0.05, 0.1) is 13.0 Å². The molecule has 0 saturated heterocycles. The van der Waals surface area contributed by atoms with Crippen molar-refractivity contribution in [3.8, 4) is 0 Å². The van der Waals surface area contributed by atoms with Gasteiger partial charge in [-0.1, -0.05) is 24.1 Å². The van der Waals surface area contributed by atoms with Crippen LogP contribution in [0.2, 0.25) is 5.02 Å². The van der Waals surface area contributed by atoms with Gasteiger partial charge in [-0.25, -0.2) is 0 Å². The highest BCUT2D eigenvalue weighted by molar-refractivity contribution is 6.30. The zero-order valence-corrected chi connectivity index (χ0v) is 13.1. The Bertz CT molecular complexity index is 532. The summed E-state index contributed by atoms with van der Waals surface area (Å²) < 4.78 is 4.82. The van der Waals surface area contributed by atoms with E-state index >= 15 is 0 Å². The molecule has 0 N–H and O–H groups in total. The number of methoxy groups -OCH3 is 1. The van der Waals surface area contributed by atoms with E-state index in [1.807, 2.05) is 0 Å². The van der Waals surface area contributed by atoms with Gasteiger partial charge in [-0.2, -0.15) is 0 Å². The average molecular weight is 310 g/mol. The summed E-state index contributed by atoms with van der Waals surface area (Å²) in [5, 5.41) is 0.547. The summed E-state index contributed by atoms with van der Waals surface area (Å²) in [6.45, 7) is 0. The molecule has 0 unspecified atom stereocenters. The molecule has 1 aliphatic rings. The fourth-order valence-corrected chi connectivity index (χ4v) is 3.08. The van der Waals surface area contributed by atoms with Gasteiger partial charge >= 0.3 is 5.97 Å². The van der Waals surface area contributed by atoms with E-state index in [4.69, 9.17) is 16.3 Å². The van der Waals surface area contributed by atoms with Crippen molar-refractivity contribution in [1.82, 2.24) is 4.90 Å². The molecule has 0 heterocycles. The summed E-state index contributed by atoms with van der Waals surface area (Å²) in [4.78, 5) is 25.9. The van der Waals surface area contributed by atoms with Crippen LogP contribution in [0.25, 0.3) is 0 Å². The summed E-state index contributed by atoms with van der Waals surface area (Å²) in [6, 6.07) is 6.99. The van der Waals surface area contributed by atoms with E-state index < -0.39 is 0 Å². The predicted octanol–water partition coefficient (Wildman–Crippen LogP) is 3.14. The first-order valence-electron chi connectivity index (χ1n) is 7.13. The highest BCUT2D eigenvalue weighted by Crippen LogP contribution is 2.29. The number of nitrogens with zero attached hydrogens (tertiary/aromatic N) is 1. The number of hydrogen-bond acceptors (Lipinski definition) is 3. The first kappa shape index (κ1) is 15.8. The van der Waals surface area contributed by atoms with Crippen molar-refractivity contribution in [2.75, 3.05) is 14.2 Å². The van der Waals surface area contributed by atoms with E-state index in [0.29, 0.717) is 17.0 Å². The molecule has 0 spiro atoms. The molecule has 1 aromatic carbocycles. The van der Waals surface area contributed by atoms with Crippen LogP contribution in [0.4, 0.5) is 0 Å². The fraction of sp³-hybridized carbons (Fsp3) is 0.500. The highest BCUT2D eigenvalue weighted by Gasteiger charge is 2.31. The molecular formula is C16H20ClNO3. The Labute approximate surface area is 130 Å². The normalized spacial score (nSPS) is 21.7. The van der Waals surface area contributed by atoms with Crippen LogP contribution in [-0.2, 0) is 9.53 Å². The summed E-state index contributed by atoms with van der Waals surface area (Å²) in [6.07, 6.45) is 3.34. The van der Waals surface area contributed by atoms with E-state index in [1.165, 1.54) is 7.11 Å². The standard InChI is InChI=1S/C16H20ClNO3/c1-18(15(19)11-5-3-7-13(17)9-11)14-8-4-6-12(10-14)16(20)21-2/h3,5,7,9,12,14H,4,6,8,10H2,1-2H3/t12-,14+/m0/s1. The van der Waals surface area contributed by atoms with Crippen LogP contribution in [0.15, 0.2) is 24.3 Å². The molecule has 0 aliphatic heterocycles. The van der Waals surface area contributed by atoms with E-state index in [1.54, 1.807) is 36.2 Å². The molecule has 1 aromatic rings. The van der Waals surface area contributed by atoms with Gasteiger partial charge in [0.1, 0.15) is 0 Å². The summed E-state index contributed by atoms with van der Waals surface area (Å²) in [7, 11) is 3.19. The number of esters is 1. The van der Waals surface area contributed by atoms with Crippen LogP contribution >= 0.6 is 11.6 Å². The second-order valence-electron chi connectivity index (χ2n) is 5.47. The Morgan fingerprint density at radius 2 is 2.10 bits per heavy atom. The van der Waals surface area contributed by atoms with Gasteiger partial charge in [-0.3, -0.25) is 9.59 Å². The molecule has 2 atom stereocenters. The van der Waals surface area contributed by atoms with Gasteiger partial charge in [0, 0.05) is 23.7 Å². The number of halogens is 1. The molecular weight excluding hydrogens is 290 g/mol. The van der Waals surface area contributed by atoms with Crippen LogP contribution in [0, 0.1) is 5.92 Å². The van der Waals surface area contributed by atoms with Gasteiger partial charge in [-0.15, -0.1) is 0 Å². The minimum Gasteiger partial charge on any atom is -0.469 e. The second-order valence-corrected chi connectivity index (χ2v) is 5.90. The lowest BCUT2D eigenvalue weighted by molar-refractivity contribution is -0.147. The summed E-state index contributed by atoms with van der Waals surface area (Å²) in [5.74, 6) is -0.348. The van der Waals surface area contributed by atoms with Gasteiger partial charge in [0.2, 0.25) is 0 Å². The first-order valence-corrected chi connectivity index (χ1v) is 7.51. The Kier molecular flexibility index (Phi) is 5.23. The van der Waals surface area contributed by atoms with E-state index in [0.717, 1.165) is 19.3 Å². The zero-order chi connectivity index (χ0) is 15.4. The lowest BCUT2D eigenvalue weighted by atomic mass is 9.85. The molecule has 0 radical (unpaired) electrons. The van der Waals surface area contributed by atoms with Gasteiger partial charge in [0.15, 0.2) is 0 Å². The molecule has 5 heteroatoms. The lowest BCUT2D eigenvalue weighted by Crippen LogP contribution is -2.41. The third kappa shape index (κ3) is 3.76. The number of rotatable bonds is 3. The number of carbonyl (C=O) groups is 2. The first-order chi connectivity index (χ1) is 10.0. The smallest absolute Gasteiger partial charge is 0.308 e. The molecule has 114 valence electrons. The maximum Gasteiger partial charge on any atom is 0.308 e. The number of amides is 1. The minimum atomic E-state index is -0.177. The van der Waals surface area contributed by atoms with E-state index in [-0.39, 0.29) is 23.8 Å². The number of hydrogen-bond donors (Lipinski definition) is 0. The molecule has 4 nitrogen and oxygen atoms in total. The Morgan fingerprint density at radius 1 is 1.33 bits per heavy atom. The third-order valence-corrected chi connectivity index (χ3v) is 4.36. The van der Waals surface area contributed by atoms with Crippen molar-refractivity contribution in [3.05, 3.63) is 34.9 Å². The van der Waals surface area contributed by atoms with Gasteiger partial charge in [0.25, 0.3) is 5.91 Å². The van der Waals surface area contributed by atoms with Crippen molar-refractivity contribution in [2.45, 2.75) is 31.7 Å². The maximum atomic E-state index is 12.5. The Balaban J connectivity index is 2.06.